The Labute approximate surface area is 182 Å². The maximum absolute atomic E-state index is 13.0. The quantitative estimate of drug-likeness (QED) is 0.633. The molecular weight excluding hydrogens is 396 g/mol. The Morgan fingerprint density at radius 3 is 2.19 bits per heavy atom. The van der Waals surface area contributed by atoms with Crippen molar-refractivity contribution in [1.29, 1.82) is 0 Å². The lowest BCUT2D eigenvalue weighted by Crippen LogP contribution is -2.45. The Morgan fingerprint density at radius 2 is 1.55 bits per heavy atom. The highest BCUT2D eigenvalue weighted by atomic mass is 16.7. The van der Waals surface area contributed by atoms with Crippen LogP contribution in [0, 0.1) is 5.92 Å². The van der Waals surface area contributed by atoms with E-state index in [1.165, 1.54) is 0 Å². The third-order valence-corrected chi connectivity index (χ3v) is 5.72. The van der Waals surface area contributed by atoms with Crippen LogP contribution in [-0.2, 0) is 30.4 Å². The number of hydroxylamine groups is 2. The molecule has 0 saturated carbocycles. The van der Waals surface area contributed by atoms with Gasteiger partial charge in [-0.2, -0.15) is 5.06 Å². The van der Waals surface area contributed by atoms with E-state index in [9.17, 15) is 9.59 Å². The number of fused-ring (bicyclic) bond motifs is 1. The zero-order valence-corrected chi connectivity index (χ0v) is 17.8. The van der Waals surface area contributed by atoms with E-state index >= 15 is 0 Å². The summed E-state index contributed by atoms with van der Waals surface area (Å²) < 4.78 is 10.6. The third-order valence-electron chi connectivity index (χ3n) is 5.72. The van der Waals surface area contributed by atoms with E-state index in [0.29, 0.717) is 13.1 Å². The van der Waals surface area contributed by atoms with Gasteiger partial charge < -0.3 is 9.47 Å². The fraction of sp³-hybridized carbons (Fsp3) is 0.417. The third kappa shape index (κ3) is 4.35. The van der Waals surface area contributed by atoms with Crippen LogP contribution >= 0.6 is 0 Å². The second kappa shape index (κ2) is 9.60. The van der Waals surface area contributed by atoms with Crippen LogP contribution in [0.5, 0.6) is 0 Å². The molecule has 0 radical (unpaired) electrons. The average molecular weight is 424 g/mol. The first kappa shape index (κ1) is 21.5. The zero-order valence-electron chi connectivity index (χ0n) is 17.8. The van der Waals surface area contributed by atoms with Crippen LogP contribution in [0.3, 0.4) is 0 Å². The van der Waals surface area contributed by atoms with Crippen LogP contribution in [0.15, 0.2) is 60.7 Å². The minimum atomic E-state index is -1.03. The molecule has 0 aliphatic carbocycles. The summed E-state index contributed by atoms with van der Waals surface area (Å²) in [6.07, 6.45) is -1.47. The molecule has 4 rings (SSSR count). The first-order valence-corrected chi connectivity index (χ1v) is 10.7. The largest absolute Gasteiger partial charge is 0.466 e. The van der Waals surface area contributed by atoms with Gasteiger partial charge in [0.05, 0.1) is 19.3 Å². The summed E-state index contributed by atoms with van der Waals surface area (Å²) in [5.74, 6) is -1.78. The van der Waals surface area contributed by atoms with Gasteiger partial charge in [-0.15, -0.1) is 0 Å². The maximum Gasteiger partial charge on any atom is 0.338 e. The monoisotopic (exact) mass is 424 g/mol. The molecule has 7 heteroatoms. The van der Waals surface area contributed by atoms with Crippen molar-refractivity contribution < 1.29 is 23.9 Å². The first-order valence-electron chi connectivity index (χ1n) is 10.7. The van der Waals surface area contributed by atoms with Crippen LogP contribution in [-0.4, -0.2) is 53.9 Å². The smallest absolute Gasteiger partial charge is 0.338 e. The van der Waals surface area contributed by atoms with E-state index in [1.54, 1.807) is 18.9 Å². The summed E-state index contributed by atoms with van der Waals surface area (Å²) in [6, 6.07) is 19.9. The highest BCUT2D eigenvalue weighted by molar-refractivity contribution is 5.85. The van der Waals surface area contributed by atoms with E-state index in [4.69, 9.17) is 14.3 Å². The number of ether oxygens (including phenoxy) is 2. The van der Waals surface area contributed by atoms with Crippen LogP contribution in [0.1, 0.15) is 31.0 Å². The Bertz CT molecular complexity index is 891. The van der Waals surface area contributed by atoms with Crippen molar-refractivity contribution in [2.75, 3.05) is 19.8 Å². The molecule has 0 bridgehead atoms. The lowest BCUT2D eigenvalue weighted by molar-refractivity contribution is -0.198. The normalized spacial score (nSPS) is 25.9. The van der Waals surface area contributed by atoms with Crippen LogP contribution < -0.4 is 0 Å². The average Bonchev–Trinajstić information content (AvgIpc) is 3.34. The molecule has 7 nitrogen and oxygen atoms in total. The summed E-state index contributed by atoms with van der Waals surface area (Å²) in [7, 11) is 0. The molecule has 0 aromatic heterocycles. The number of esters is 2. The van der Waals surface area contributed by atoms with Crippen LogP contribution in [0.4, 0.5) is 0 Å². The highest BCUT2D eigenvalue weighted by Gasteiger charge is 2.59. The van der Waals surface area contributed by atoms with E-state index < -0.39 is 30.1 Å². The number of carbonyl (C=O) groups excluding carboxylic acids is 2. The predicted molar refractivity (Wildman–Crippen MR) is 113 cm³/mol. The first-order chi connectivity index (χ1) is 15.1. The predicted octanol–water partition coefficient (Wildman–Crippen LogP) is 2.93. The fourth-order valence-electron chi connectivity index (χ4n) is 4.43. The molecule has 2 aliphatic heterocycles. The van der Waals surface area contributed by atoms with Gasteiger partial charge in [-0.25, -0.2) is 4.79 Å². The lowest BCUT2D eigenvalue weighted by atomic mass is 9.99. The molecule has 2 fully saturated rings. The van der Waals surface area contributed by atoms with Gasteiger partial charge in [-0.3, -0.25) is 14.5 Å². The molecule has 2 saturated heterocycles. The van der Waals surface area contributed by atoms with Crippen molar-refractivity contribution in [3.05, 3.63) is 71.8 Å². The van der Waals surface area contributed by atoms with Gasteiger partial charge in [-0.1, -0.05) is 60.7 Å². The zero-order chi connectivity index (χ0) is 21.8. The number of hydrogen-bond acceptors (Lipinski definition) is 7. The molecule has 2 aromatic rings. The standard InChI is InChI=1S/C24H28N2O5/c1-3-29-23(27)20-21(24(28)30-4-2)31-26-19(18-13-9-6-10-14-18)16-25(22(20)26)15-17-11-7-5-8-12-17/h5-14,19-22H,3-4,15-16H2,1-2H3/t19-,20+,21+,22+/m1/s1. The van der Waals surface area contributed by atoms with Gasteiger partial charge in [0.15, 0.2) is 6.10 Å². The molecule has 0 N–H and O–H groups in total. The summed E-state index contributed by atoms with van der Waals surface area (Å²) >= 11 is 0. The Morgan fingerprint density at radius 1 is 0.935 bits per heavy atom. The van der Waals surface area contributed by atoms with Crippen molar-refractivity contribution in [2.45, 2.75) is 38.7 Å². The number of benzene rings is 2. The molecule has 0 amide bonds. The van der Waals surface area contributed by atoms with Crippen molar-refractivity contribution in [2.24, 2.45) is 5.92 Å². The van der Waals surface area contributed by atoms with Gasteiger partial charge in [0.25, 0.3) is 0 Å². The Balaban J connectivity index is 1.70. The van der Waals surface area contributed by atoms with E-state index in [0.717, 1.165) is 11.1 Å². The lowest BCUT2D eigenvalue weighted by Gasteiger charge is -2.27. The van der Waals surface area contributed by atoms with E-state index in [2.05, 4.69) is 17.0 Å². The maximum atomic E-state index is 13.0. The summed E-state index contributed by atoms with van der Waals surface area (Å²) in [5.41, 5.74) is 2.19. The molecule has 2 aromatic carbocycles. The van der Waals surface area contributed by atoms with Crippen LogP contribution in [0.2, 0.25) is 0 Å². The number of rotatable bonds is 7. The van der Waals surface area contributed by atoms with Gasteiger partial charge in [0.2, 0.25) is 0 Å². The van der Waals surface area contributed by atoms with Crippen molar-refractivity contribution >= 4 is 11.9 Å². The number of hydrogen-bond donors (Lipinski definition) is 0. The molecule has 31 heavy (non-hydrogen) atoms. The summed E-state index contributed by atoms with van der Waals surface area (Å²) in [5, 5.41) is 1.79. The van der Waals surface area contributed by atoms with Crippen LogP contribution in [0.25, 0.3) is 0 Å². The Kier molecular flexibility index (Phi) is 6.65. The van der Waals surface area contributed by atoms with Crippen molar-refractivity contribution in [3.63, 3.8) is 0 Å². The molecule has 4 atom stereocenters. The molecule has 0 spiro atoms. The fourth-order valence-corrected chi connectivity index (χ4v) is 4.43. The summed E-state index contributed by atoms with van der Waals surface area (Å²) in [4.78, 5) is 34.0. The second-order valence-electron chi connectivity index (χ2n) is 7.67. The number of nitrogens with zero attached hydrogens (tertiary/aromatic N) is 2. The SMILES string of the molecule is CCOC(=O)[C@H]1[C@@H](C(=O)OCC)ON2[C@@H](c3ccccc3)CN(Cc3ccccc3)[C@H]12. The topological polar surface area (TPSA) is 68.3 Å². The van der Waals surface area contributed by atoms with Gasteiger partial charge in [-0.05, 0) is 25.0 Å². The summed E-state index contributed by atoms with van der Waals surface area (Å²) in [6.45, 7) is 5.23. The highest BCUT2D eigenvalue weighted by Crippen LogP contribution is 2.44. The van der Waals surface area contributed by atoms with Crippen molar-refractivity contribution in [3.8, 4) is 0 Å². The van der Waals surface area contributed by atoms with Crippen molar-refractivity contribution in [1.82, 2.24) is 9.96 Å². The van der Waals surface area contributed by atoms with Gasteiger partial charge >= 0.3 is 11.9 Å². The Hall–Kier alpha value is -2.74. The molecule has 2 heterocycles. The molecule has 2 aliphatic rings. The second-order valence-corrected chi connectivity index (χ2v) is 7.67. The molecule has 0 unspecified atom stereocenters. The number of carbonyl (C=O) groups is 2. The minimum Gasteiger partial charge on any atom is -0.466 e. The molecule has 164 valence electrons. The van der Waals surface area contributed by atoms with E-state index in [1.807, 2.05) is 48.5 Å². The molecular formula is C24H28N2O5. The minimum absolute atomic E-state index is 0.119. The van der Waals surface area contributed by atoms with E-state index in [-0.39, 0.29) is 19.3 Å². The van der Waals surface area contributed by atoms with Gasteiger partial charge in [0.1, 0.15) is 12.1 Å². The van der Waals surface area contributed by atoms with Gasteiger partial charge in [0, 0.05) is 13.1 Å².